The molecule has 0 fully saturated rings. The normalized spacial score (nSPS) is 11.2. The lowest BCUT2D eigenvalue weighted by Gasteiger charge is -2.22. The van der Waals surface area contributed by atoms with Crippen LogP contribution in [0.25, 0.3) is 0 Å². The number of anilines is 1. The van der Waals surface area contributed by atoms with Gasteiger partial charge in [-0.2, -0.15) is 13.2 Å². The number of amidine groups is 1. The predicted molar refractivity (Wildman–Crippen MR) is 157 cm³/mol. The maximum Gasteiger partial charge on any atom is 0.490 e. The Labute approximate surface area is 256 Å². The summed E-state index contributed by atoms with van der Waals surface area (Å²) in [6.07, 6.45) is -3.58. The molecule has 2 aromatic carbocycles. The average molecular weight is 635 g/mol. The molecule has 0 saturated heterocycles. The molecular formula is C29H33F3N6O7. The summed E-state index contributed by atoms with van der Waals surface area (Å²) in [5.74, 6) is -2.93. The molecule has 13 nitrogen and oxygen atoms in total. The van der Waals surface area contributed by atoms with Gasteiger partial charge in [0.1, 0.15) is 24.2 Å². The molecule has 1 atom stereocenters. The van der Waals surface area contributed by atoms with Crippen LogP contribution >= 0.6 is 0 Å². The van der Waals surface area contributed by atoms with E-state index in [2.05, 4.69) is 21.2 Å². The van der Waals surface area contributed by atoms with E-state index < -0.39 is 30.0 Å². The van der Waals surface area contributed by atoms with Crippen molar-refractivity contribution in [2.24, 2.45) is 5.73 Å². The van der Waals surface area contributed by atoms with Gasteiger partial charge in [-0.15, -0.1) is 0 Å². The van der Waals surface area contributed by atoms with Crippen molar-refractivity contribution in [3.05, 3.63) is 83.2 Å². The van der Waals surface area contributed by atoms with E-state index in [-0.39, 0.29) is 11.5 Å². The fourth-order valence-corrected chi connectivity index (χ4v) is 3.51. The molecule has 1 aromatic heterocycles. The molecule has 0 spiro atoms. The van der Waals surface area contributed by atoms with Crippen LogP contribution in [0.1, 0.15) is 40.1 Å². The fraction of sp³-hybridized carbons (Fsp3) is 0.276. The molecule has 0 saturated carbocycles. The van der Waals surface area contributed by atoms with Crippen LogP contribution in [-0.2, 0) is 14.3 Å². The Bertz CT molecular complexity index is 1470. The Morgan fingerprint density at radius 1 is 1.02 bits per heavy atom. The second-order valence-corrected chi connectivity index (χ2v) is 8.96. The number of pyridine rings is 1. The number of ether oxygens (including phenoxy) is 3. The van der Waals surface area contributed by atoms with Crippen molar-refractivity contribution in [1.29, 1.82) is 5.41 Å². The summed E-state index contributed by atoms with van der Waals surface area (Å²) >= 11 is 0. The van der Waals surface area contributed by atoms with E-state index in [4.69, 9.17) is 35.3 Å². The molecule has 1 heterocycles. The maximum atomic E-state index is 13.4. The van der Waals surface area contributed by atoms with Crippen LogP contribution < -0.4 is 31.4 Å². The minimum absolute atomic E-state index is 0.0659. The van der Waals surface area contributed by atoms with Crippen molar-refractivity contribution < 1.29 is 46.9 Å². The monoisotopic (exact) mass is 634 g/mol. The number of amides is 2. The van der Waals surface area contributed by atoms with E-state index in [1.807, 2.05) is 6.92 Å². The van der Waals surface area contributed by atoms with E-state index in [9.17, 15) is 22.8 Å². The minimum atomic E-state index is -5.08. The lowest BCUT2D eigenvalue weighted by Crippen LogP contribution is -2.45. The number of carbonyl (C=O) groups excluding carboxylic acids is 2. The highest BCUT2D eigenvalue weighted by Crippen LogP contribution is 2.32. The molecule has 242 valence electrons. The number of nitrogen functional groups attached to an aromatic ring is 1. The van der Waals surface area contributed by atoms with Crippen molar-refractivity contribution in [2.45, 2.75) is 26.1 Å². The van der Waals surface area contributed by atoms with Crippen LogP contribution in [0.5, 0.6) is 11.5 Å². The first kappa shape index (κ1) is 35.8. The van der Waals surface area contributed by atoms with Crippen LogP contribution in [0.15, 0.2) is 60.8 Å². The number of carboxylic acids is 1. The molecule has 16 heteroatoms. The van der Waals surface area contributed by atoms with Gasteiger partial charge >= 0.3 is 12.1 Å². The lowest BCUT2D eigenvalue weighted by atomic mass is 10.0. The predicted octanol–water partition coefficient (Wildman–Crippen LogP) is 3.35. The first-order chi connectivity index (χ1) is 21.3. The number of halogens is 3. The molecule has 0 radical (unpaired) electrons. The van der Waals surface area contributed by atoms with Gasteiger partial charge in [0.15, 0.2) is 11.5 Å². The van der Waals surface area contributed by atoms with Gasteiger partial charge in [-0.1, -0.05) is 12.1 Å². The number of carboxylic acid groups (broad SMARTS) is 1. The van der Waals surface area contributed by atoms with Crippen LogP contribution in [0.4, 0.5) is 18.9 Å². The number of carbonyl (C=O) groups is 3. The van der Waals surface area contributed by atoms with E-state index in [1.54, 1.807) is 68.6 Å². The third-order valence-corrected chi connectivity index (χ3v) is 5.68. The highest BCUT2D eigenvalue weighted by Gasteiger charge is 2.38. The van der Waals surface area contributed by atoms with Crippen LogP contribution in [0, 0.1) is 12.3 Å². The van der Waals surface area contributed by atoms with Gasteiger partial charge in [0.05, 0.1) is 13.2 Å². The number of hydrazine groups is 1. The number of aryl methyl sites for hydroxylation is 1. The number of nitrogens with zero attached hydrogens (tertiary/aromatic N) is 1. The zero-order chi connectivity index (χ0) is 33.6. The third-order valence-electron chi connectivity index (χ3n) is 5.68. The molecule has 0 bridgehead atoms. The number of benzene rings is 2. The molecule has 0 aliphatic heterocycles. The Kier molecular flexibility index (Phi) is 13.6. The summed E-state index contributed by atoms with van der Waals surface area (Å²) in [5.41, 5.74) is 13.0. The number of methoxy groups -OCH3 is 1. The van der Waals surface area contributed by atoms with Crippen LogP contribution in [-0.4, -0.2) is 66.8 Å². The number of aliphatic carboxylic acids is 1. The van der Waals surface area contributed by atoms with Crippen LogP contribution in [0.2, 0.25) is 0 Å². The van der Waals surface area contributed by atoms with Gasteiger partial charge in [0.2, 0.25) is 0 Å². The maximum absolute atomic E-state index is 13.4. The number of nitrogens with two attached hydrogens (primary N) is 1. The summed E-state index contributed by atoms with van der Waals surface area (Å²) < 4.78 is 48.3. The molecule has 1 unspecified atom stereocenters. The Balaban J connectivity index is 0.000000900. The Morgan fingerprint density at radius 2 is 1.69 bits per heavy atom. The summed E-state index contributed by atoms with van der Waals surface area (Å²) in [4.78, 5) is 38.9. The molecule has 0 aliphatic rings. The third kappa shape index (κ3) is 11.3. The molecule has 2 amide bonds. The van der Waals surface area contributed by atoms with Crippen molar-refractivity contribution >= 4 is 29.3 Å². The van der Waals surface area contributed by atoms with E-state index >= 15 is 0 Å². The second-order valence-electron chi connectivity index (χ2n) is 8.96. The Morgan fingerprint density at radius 3 is 2.24 bits per heavy atom. The van der Waals surface area contributed by atoms with Gasteiger partial charge in [-0.25, -0.2) is 4.79 Å². The second kappa shape index (κ2) is 17.0. The van der Waals surface area contributed by atoms with E-state index in [0.29, 0.717) is 53.7 Å². The highest BCUT2D eigenvalue weighted by atomic mass is 19.4. The number of rotatable bonds is 12. The summed E-state index contributed by atoms with van der Waals surface area (Å²) in [7, 11) is 1.59. The molecule has 45 heavy (non-hydrogen) atoms. The van der Waals surface area contributed by atoms with Crippen molar-refractivity contribution in [3.63, 3.8) is 0 Å². The number of nitrogens with one attached hydrogen (secondary N) is 4. The summed E-state index contributed by atoms with van der Waals surface area (Å²) in [6, 6.07) is 14.5. The highest BCUT2D eigenvalue weighted by molar-refractivity contribution is 5.96. The average Bonchev–Trinajstić information content (AvgIpc) is 2.99. The number of aromatic nitrogens is 1. The van der Waals surface area contributed by atoms with Crippen molar-refractivity contribution in [2.75, 3.05) is 32.2 Å². The van der Waals surface area contributed by atoms with E-state index in [0.717, 1.165) is 0 Å². The fourth-order valence-electron chi connectivity index (χ4n) is 3.51. The molecule has 3 rings (SSSR count). The smallest absolute Gasteiger partial charge is 0.490 e. The number of alkyl halides is 3. The molecule has 7 N–H and O–H groups in total. The number of hydrogen-bond acceptors (Lipinski definition) is 9. The van der Waals surface area contributed by atoms with Gasteiger partial charge < -0.3 is 30.4 Å². The van der Waals surface area contributed by atoms with Crippen molar-refractivity contribution in [1.82, 2.24) is 15.8 Å². The van der Waals surface area contributed by atoms with Gasteiger partial charge in [-0.05, 0) is 67.4 Å². The van der Waals surface area contributed by atoms with Gasteiger partial charge in [0.25, 0.3) is 11.8 Å². The van der Waals surface area contributed by atoms with Gasteiger partial charge in [0, 0.05) is 24.6 Å². The van der Waals surface area contributed by atoms with E-state index in [1.165, 1.54) is 6.20 Å². The standard InChI is InChI=1S/C27H32N6O5.C2HF3O2/c1-4-37-22-16-19(9-12-21(22)38-15-14-36-3)24(31-20-10-7-18(8-11-20)25(28)29)27(35)33-32-26(34)23-17(2)6-5-13-30-23;3-2(4,5)1(6)7/h5-13,16,24,31H,4,14-15H2,1-3H3,(H3,28,29)(H,32,34)(H,33,35);(H,6,7). The quantitative estimate of drug-likeness (QED) is 0.0744. The van der Waals surface area contributed by atoms with Gasteiger partial charge in [-0.3, -0.25) is 30.8 Å². The van der Waals surface area contributed by atoms with Crippen molar-refractivity contribution in [3.8, 4) is 11.5 Å². The largest absolute Gasteiger partial charge is 0.490 e. The SMILES string of the molecule is CCOc1cc(C(Nc2ccc(C(=N)N)cc2)C(=O)NNC(=O)c2ncccc2C)ccc1OCCOC.O=C(O)C(F)(F)F. The number of hydrogen-bond donors (Lipinski definition) is 6. The van der Waals surface area contributed by atoms with Crippen LogP contribution in [0.3, 0.4) is 0 Å². The first-order valence-electron chi connectivity index (χ1n) is 13.2. The summed E-state index contributed by atoms with van der Waals surface area (Å²) in [5, 5.41) is 17.9. The molecular weight excluding hydrogens is 601 g/mol. The minimum Gasteiger partial charge on any atom is -0.490 e. The molecule has 3 aromatic rings. The first-order valence-corrected chi connectivity index (χ1v) is 13.2. The zero-order valence-electron chi connectivity index (χ0n) is 24.5. The zero-order valence-corrected chi connectivity index (χ0v) is 24.5. The lowest BCUT2D eigenvalue weighted by molar-refractivity contribution is -0.192. The summed E-state index contributed by atoms with van der Waals surface area (Å²) in [6.45, 7) is 4.73. The topological polar surface area (TPSA) is 198 Å². The molecule has 0 aliphatic carbocycles. The Hall–Kier alpha value is -5.38.